The first-order valence-corrected chi connectivity index (χ1v) is 11.4. The summed E-state index contributed by atoms with van der Waals surface area (Å²) in [5.74, 6) is -0.549. The van der Waals surface area contributed by atoms with E-state index in [0.29, 0.717) is 22.2 Å². The third-order valence-corrected chi connectivity index (χ3v) is 6.26. The first kappa shape index (κ1) is 21.3. The van der Waals surface area contributed by atoms with Crippen LogP contribution in [0.15, 0.2) is 84.9 Å². The largest absolute Gasteiger partial charge is 0.349 e. The Morgan fingerprint density at radius 2 is 1.64 bits per heavy atom. The Balaban J connectivity index is 1.33. The quantitative estimate of drug-likeness (QED) is 0.451. The Morgan fingerprint density at radius 3 is 2.36 bits per heavy atom. The van der Waals surface area contributed by atoms with Gasteiger partial charge in [0.05, 0.1) is 16.8 Å². The predicted molar refractivity (Wildman–Crippen MR) is 129 cm³/mol. The number of rotatable bonds is 5. The van der Waals surface area contributed by atoms with Crippen molar-refractivity contribution in [1.82, 2.24) is 15.2 Å². The summed E-state index contributed by atoms with van der Waals surface area (Å²) in [5.41, 5.74) is 4.01. The predicted octanol–water partition coefficient (Wildman–Crippen LogP) is 5.44. The lowest BCUT2D eigenvalue weighted by Gasteiger charge is -2.32. The summed E-state index contributed by atoms with van der Waals surface area (Å²) in [4.78, 5) is 20.4. The van der Waals surface area contributed by atoms with Crippen molar-refractivity contribution in [3.8, 4) is 11.3 Å². The molecule has 1 amide bonds. The number of piperidine rings is 1. The highest BCUT2D eigenvalue weighted by molar-refractivity contribution is 6.07. The molecule has 2 heterocycles. The number of likely N-dealkylation sites (tertiary alicyclic amines) is 1. The minimum Gasteiger partial charge on any atom is -0.349 e. The van der Waals surface area contributed by atoms with Gasteiger partial charge in [0.1, 0.15) is 5.82 Å². The molecule has 0 bridgehead atoms. The van der Waals surface area contributed by atoms with Gasteiger partial charge >= 0.3 is 0 Å². The second kappa shape index (κ2) is 9.51. The van der Waals surface area contributed by atoms with Crippen molar-refractivity contribution in [2.75, 3.05) is 13.1 Å². The van der Waals surface area contributed by atoms with Gasteiger partial charge in [0.15, 0.2) is 0 Å². The number of fused-ring (bicyclic) bond motifs is 1. The number of nitrogens with zero attached hydrogens (tertiary/aromatic N) is 2. The Hall–Kier alpha value is -3.57. The molecule has 0 aliphatic carbocycles. The number of aromatic nitrogens is 1. The molecule has 5 rings (SSSR count). The third-order valence-electron chi connectivity index (χ3n) is 6.26. The molecule has 1 aliphatic heterocycles. The highest BCUT2D eigenvalue weighted by atomic mass is 19.1. The monoisotopic (exact) mass is 439 g/mol. The fourth-order valence-corrected chi connectivity index (χ4v) is 4.48. The molecule has 5 heteroatoms. The van der Waals surface area contributed by atoms with Gasteiger partial charge in [0.2, 0.25) is 0 Å². The number of pyridine rings is 1. The summed E-state index contributed by atoms with van der Waals surface area (Å²) in [7, 11) is 0. The summed E-state index contributed by atoms with van der Waals surface area (Å²) < 4.78 is 14.0. The number of hydrogen-bond donors (Lipinski definition) is 1. The van der Waals surface area contributed by atoms with E-state index in [1.165, 1.54) is 17.7 Å². The minimum atomic E-state index is -0.375. The first-order chi connectivity index (χ1) is 16.2. The van der Waals surface area contributed by atoms with Crippen LogP contribution in [0.25, 0.3) is 22.2 Å². The number of nitrogens with one attached hydrogen (secondary N) is 1. The molecule has 4 nitrogen and oxygen atoms in total. The van der Waals surface area contributed by atoms with E-state index in [4.69, 9.17) is 0 Å². The molecule has 0 radical (unpaired) electrons. The standard InChI is InChI=1S/C28H26FN3O/c29-22-11-12-26-24(17-22)25(18-27(31-26)21-9-5-2-6-10-21)28(33)30-23-13-15-32(16-14-23)19-20-7-3-1-4-8-20/h1-12,17-18,23H,13-16,19H2,(H,30,33). The van der Waals surface area contributed by atoms with Crippen molar-refractivity contribution in [3.05, 3.63) is 102 Å². The number of amides is 1. The van der Waals surface area contributed by atoms with Crippen molar-refractivity contribution in [3.63, 3.8) is 0 Å². The Bertz CT molecular complexity index is 1250. The van der Waals surface area contributed by atoms with Crippen LogP contribution in [0, 0.1) is 5.82 Å². The lowest BCUT2D eigenvalue weighted by molar-refractivity contribution is 0.0910. The Labute approximate surface area is 193 Å². The smallest absolute Gasteiger partial charge is 0.252 e. The fourth-order valence-electron chi connectivity index (χ4n) is 4.48. The second-order valence-corrected chi connectivity index (χ2v) is 8.59. The number of hydrogen-bond acceptors (Lipinski definition) is 3. The van der Waals surface area contributed by atoms with Gasteiger partial charge in [0.25, 0.3) is 5.91 Å². The van der Waals surface area contributed by atoms with E-state index >= 15 is 0 Å². The van der Waals surface area contributed by atoms with Gasteiger partial charge in [-0.3, -0.25) is 9.69 Å². The highest BCUT2D eigenvalue weighted by Crippen LogP contribution is 2.26. The van der Waals surface area contributed by atoms with Gasteiger partial charge < -0.3 is 5.32 Å². The Morgan fingerprint density at radius 1 is 0.939 bits per heavy atom. The fraction of sp³-hybridized carbons (Fsp3) is 0.214. The maximum absolute atomic E-state index is 14.0. The number of carbonyl (C=O) groups excluding carboxylic acids is 1. The lowest BCUT2D eigenvalue weighted by Crippen LogP contribution is -2.44. The molecule has 1 saturated heterocycles. The van der Waals surface area contributed by atoms with Gasteiger partial charge in [-0.2, -0.15) is 0 Å². The van der Waals surface area contributed by atoms with Crippen LogP contribution in [-0.4, -0.2) is 34.9 Å². The molecule has 0 spiro atoms. The second-order valence-electron chi connectivity index (χ2n) is 8.59. The molecule has 3 aromatic carbocycles. The minimum absolute atomic E-state index is 0.0986. The lowest BCUT2D eigenvalue weighted by atomic mass is 10.0. The maximum atomic E-state index is 14.0. The maximum Gasteiger partial charge on any atom is 0.252 e. The molecule has 0 unspecified atom stereocenters. The summed E-state index contributed by atoms with van der Waals surface area (Å²) in [6.45, 7) is 2.79. The summed E-state index contributed by atoms with van der Waals surface area (Å²) in [6, 6.07) is 26.5. The molecule has 1 aliphatic rings. The molecule has 0 atom stereocenters. The van der Waals surface area contributed by atoms with Gasteiger partial charge in [0, 0.05) is 36.6 Å². The van der Waals surface area contributed by atoms with E-state index < -0.39 is 0 Å². The molecule has 166 valence electrons. The molecular formula is C28H26FN3O. The average molecular weight is 440 g/mol. The van der Waals surface area contributed by atoms with Crippen molar-refractivity contribution in [2.24, 2.45) is 0 Å². The van der Waals surface area contributed by atoms with Gasteiger partial charge in [-0.1, -0.05) is 60.7 Å². The van der Waals surface area contributed by atoms with Crippen LogP contribution in [0.4, 0.5) is 4.39 Å². The molecule has 1 fully saturated rings. The van der Waals surface area contributed by atoms with Crippen LogP contribution in [0.3, 0.4) is 0 Å². The molecule has 4 aromatic rings. The van der Waals surface area contributed by atoms with Crippen LogP contribution < -0.4 is 5.32 Å². The molecule has 1 N–H and O–H groups in total. The molecule has 33 heavy (non-hydrogen) atoms. The van der Waals surface area contributed by atoms with Crippen molar-refractivity contribution < 1.29 is 9.18 Å². The Kier molecular flexibility index (Phi) is 6.13. The van der Waals surface area contributed by atoms with E-state index in [-0.39, 0.29) is 17.8 Å². The normalized spacial score (nSPS) is 14.9. The van der Waals surface area contributed by atoms with E-state index in [0.717, 1.165) is 38.0 Å². The summed E-state index contributed by atoms with van der Waals surface area (Å²) in [6.07, 6.45) is 1.78. The summed E-state index contributed by atoms with van der Waals surface area (Å²) in [5, 5.41) is 3.73. The van der Waals surface area contributed by atoms with Gasteiger partial charge in [-0.05, 0) is 42.7 Å². The summed E-state index contributed by atoms with van der Waals surface area (Å²) >= 11 is 0. The van der Waals surface area contributed by atoms with Crippen LogP contribution >= 0.6 is 0 Å². The van der Waals surface area contributed by atoms with Crippen LogP contribution in [0.1, 0.15) is 28.8 Å². The third kappa shape index (κ3) is 4.94. The van der Waals surface area contributed by atoms with Crippen molar-refractivity contribution >= 4 is 16.8 Å². The van der Waals surface area contributed by atoms with Crippen LogP contribution in [0.2, 0.25) is 0 Å². The molecule has 0 saturated carbocycles. The molecular weight excluding hydrogens is 413 g/mol. The van der Waals surface area contributed by atoms with Gasteiger partial charge in [-0.15, -0.1) is 0 Å². The van der Waals surface area contributed by atoms with Crippen LogP contribution in [0.5, 0.6) is 0 Å². The van der Waals surface area contributed by atoms with Gasteiger partial charge in [-0.25, -0.2) is 9.37 Å². The van der Waals surface area contributed by atoms with E-state index in [9.17, 15) is 9.18 Å². The topological polar surface area (TPSA) is 45.2 Å². The van der Waals surface area contributed by atoms with E-state index in [2.05, 4.69) is 39.5 Å². The van der Waals surface area contributed by atoms with E-state index in [1.807, 2.05) is 36.4 Å². The zero-order chi connectivity index (χ0) is 22.6. The number of benzene rings is 3. The van der Waals surface area contributed by atoms with E-state index in [1.54, 1.807) is 12.1 Å². The van der Waals surface area contributed by atoms with Crippen molar-refractivity contribution in [2.45, 2.75) is 25.4 Å². The number of halogens is 1. The molecule has 1 aromatic heterocycles. The number of carbonyl (C=O) groups is 1. The SMILES string of the molecule is O=C(NC1CCN(Cc2ccccc2)CC1)c1cc(-c2ccccc2)nc2ccc(F)cc12. The average Bonchev–Trinajstić information content (AvgIpc) is 2.86. The van der Waals surface area contributed by atoms with Crippen LogP contribution in [-0.2, 0) is 6.54 Å². The zero-order valence-corrected chi connectivity index (χ0v) is 18.4. The highest BCUT2D eigenvalue weighted by Gasteiger charge is 2.23. The zero-order valence-electron chi connectivity index (χ0n) is 18.4. The van der Waals surface area contributed by atoms with Crippen molar-refractivity contribution in [1.29, 1.82) is 0 Å². The first-order valence-electron chi connectivity index (χ1n) is 11.4.